The zero-order valence-electron chi connectivity index (χ0n) is 15.0. The molecule has 1 N–H and O–H groups in total. The lowest BCUT2D eigenvalue weighted by Crippen LogP contribution is -2.38. The molecule has 1 fully saturated rings. The highest BCUT2D eigenvalue weighted by Crippen LogP contribution is 2.27. The van der Waals surface area contributed by atoms with Crippen molar-refractivity contribution in [2.75, 3.05) is 0 Å². The summed E-state index contributed by atoms with van der Waals surface area (Å²) in [5.41, 5.74) is 1.55. The van der Waals surface area contributed by atoms with E-state index in [-0.39, 0.29) is 11.9 Å². The number of halogens is 1. The van der Waals surface area contributed by atoms with Crippen molar-refractivity contribution in [1.29, 1.82) is 0 Å². The molecule has 2 heterocycles. The Morgan fingerprint density at radius 2 is 2.04 bits per heavy atom. The minimum atomic E-state index is -0.0862. The van der Waals surface area contributed by atoms with E-state index in [1.54, 1.807) is 24.7 Å². The summed E-state index contributed by atoms with van der Waals surface area (Å²) >= 11 is 3.45. The van der Waals surface area contributed by atoms with Crippen LogP contribution in [0.1, 0.15) is 54.9 Å². The standard InChI is InChI=1S/C20H24BrN3O2/c1-14(16-5-3-2-4-6-16)24-19(25)17-11-18(21)20(23-12-17)26-13-15-7-9-22-10-8-15/h7-12,14,16H,2-6,13H2,1H3,(H,24,25)/t14-/m1/s1. The van der Waals surface area contributed by atoms with Gasteiger partial charge in [-0.15, -0.1) is 0 Å². The maximum absolute atomic E-state index is 12.5. The van der Waals surface area contributed by atoms with E-state index in [0.29, 0.717) is 28.4 Å². The zero-order valence-corrected chi connectivity index (χ0v) is 16.5. The van der Waals surface area contributed by atoms with E-state index >= 15 is 0 Å². The van der Waals surface area contributed by atoms with Crippen LogP contribution in [-0.4, -0.2) is 21.9 Å². The van der Waals surface area contributed by atoms with Gasteiger partial charge in [0.1, 0.15) is 6.61 Å². The van der Waals surface area contributed by atoms with Crippen molar-refractivity contribution in [2.45, 2.75) is 51.7 Å². The van der Waals surface area contributed by atoms with Crippen LogP contribution in [0.5, 0.6) is 5.88 Å². The number of carbonyl (C=O) groups excluding carboxylic acids is 1. The summed E-state index contributed by atoms with van der Waals surface area (Å²) in [5, 5.41) is 3.12. The third-order valence-electron chi connectivity index (χ3n) is 4.91. The number of amides is 1. The molecule has 2 aromatic heterocycles. The van der Waals surface area contributed by atoms with Crippen molar-refractivity contribution >= 4 is 21.8 Å². The Bertz CT molecular complexity index is 733. The van der Waals surface area contributed by atoms with Gasteiger partial charge in [0.25, 0.3) is 5.91 Å². The molecule has 0 radical (unpaired) electrons. The first-order chi connectivity index (χ1) is 12.6. The summed E-state index contributed by atoms with van der Waals surface area (Å²) in [6.07, 6.45) is 11.3. The maximum atomic E-state index is 12.5. The van der Waals surface area contributed by atoms with E-state index < -0.39 is 0 Å². The molecule has 1 amide bonds. The van der Waals surface area contributed by atoms with Crippen LogP contribution in [0.25, 0.3) is 0 Å². The predicted molar refractivity (Wildman–Crippen MR) is 104 cm³/mol. The Labute approximate surface area is 162 Å². The van der Waals surface area contributed by atoms with Crippen LogP contribution >= 0.6 is 15.9 Å². The van der Waals surface area contributed by atoms with E-state index in [4.69, 9.17) is 4.74 Å². The van der Waals surface area contributed by atoms with Gasteiger partial charge in [0.2, 0.25) is 5.88 Å². The topological polar surface area (TPSA) is 64.1 Å². The molecule has 1 aliphatic rings. The van der Waals surface area contributed by atoms with Gasteiger partial charge in [-0.3, -0.25) is 9.78 Å². The normalized spacial score (nSPS) is 16.1. The van der Waals surface area contributed by atoms with Crippen molar-refractivity contribution < 1.29 is 9.53 Å². The molecule has 1 saturated carbocycles. The number of rotatable bonds is 6. The van der Waals surface area contributed by atoms with Crippen LogP contribution in [0.4, 0.5) is 0 Å². The summed E-state index contributed by atoms with van der Waals surface area (Å²) in [7, 11) is 0. The highest BCUT2D eigenvalue weighted by atomic mass is 79.9. The average molecular weight is 418 g/mol. The van der Waals surface area contributed by atoms with E-state index in [9.17, 15) is 4.79 Å². The number of aromatic nitrogens is 2. The number of pyridine rings is 2. The van der Waals surface area contributed by atoms with Crippen molar-refractivity contribution in [3.8, 4) is 5.88 Å². The van der Waals surface area contributed by atoms with Crippen LogP contribution < -0.4 is 10.1 Å². The molecule has 0 spiro atoms. The molecule has 6 heteroatoms. The molecule has 0 saturated heterocycles. The highest BCUT2D eigenvalue weighted by molar-refractivity contribution is 9.10. The van der Waals surface area contributed by atoms with Crippen LogP contribution in [0, 0.1) is 5.92 Å². The summed E-state index contributed by atoms with van der Waals surface area (Å²) in [6, 6.07) is 5.73. The molecule has 3 rings (SSSR count). The first-order valence-electron chi connectivity index (χ1n) is 9.11. The molecule has 0 aliphatic heterocycles. The number of hydrogen-bond donors (Lipinski definition) is 1. The first-order valence-corrected chi connectivity index (χ1v) is 9.91. The van der Waals surface area contributed by atoms with Gasteiger partial charge in [0.05, 0.1) is 10.0 Å². The predicted octanol–water partition coefficient (Wildman–Crippen LogP) is 4.52. The van der Waals surface area contributed by atoms with Gasteiger partial charge in [0.15, 0.2) is 0 Å². The average Bonchev–Trinajstić information content (AvgIpc) is 2.68. The lowest BCUT2D eigenvalue weighted by molar-refractivity contribution is 0.0918. The second-order valence-corrected chi connectivity index (χ2v) is 7.67. The minimum absolute atomic E-state index is 0.0862. The summed E-state index contributed by atoms with van der Waals surface area (Å²) in [5.74, 6) is 0.961. The Morgan fingerprint density at radius 3 is 2.73 bits per heavy atom. The molecule has 2 aromatic rings. The molecule has 0 aromatic carbocycles. The molecular formula is C20H24BrN3O2. The van der Waals surface area contributed by atoms with Gasteiger partial charge >= 0.3 is 0 Å². The third-order valence-corrected chi connectivity index (χ3v) is 5.48. The van der Waals surface area contributed by atoms with Crippen LogP contribution in [0.2, 0.25) is 0 Å². The van der Waals surface area contributed by atoms with E-state index in [1.807, 2.05) is 12.1 Å². The molecule has 0 unspecified atom stereocenters. The van der Waals surface area contributed by atoms with Gasteiger partial charge < -0.3 is 10.1 Å². The molecule has 0 bridgehead atoms. The quantitative estimate of drug-likeness (QED) is 0.750. The Hall–Kier alpha value is -1.95. The Morgan fingerprint density at radius 1 is 1.31 bits per heavy atom. The summed E-state index contributed by atoms with van der Waals surface area (Å²) in [4.78, 5) is 20.8. The molecule has 1 atom stereocenters. The van der Waals surface area contributed by atoms with Gasteiger partial charge in [0, 0.05) is 24.6 Å². The minimum Gasteiger partial charge on any atom is -0.472 e. The van der Waals surface area contributed by atoms with Gasteiger partial charge in [-0.05, 0) is 65.4 Å². The number of hydrogen-bond acceptors (Lipinski definition) is 4. The Balaban J connectivity index is 1.58. The molecule has 138 valence electrons. The number of nitrogens with one attached hydrogen (secondary N) is 1. The van der Waals surface area contributed by atoms with Crippen LogP contribution in [-0.2, 0) is 6.61 Å². The summed E-state index contributed by atoms with van der Waals surface area (Å²) in [6.45, 7) is 2.50. The van der Waals surface area contributed by atoms with Crippen molar-refractivity contribution in [3.05, 3.63) is 52.4 Å². The van der Waals surface area contributed by atoms with E-state index in [1.165, 1.54) is 32.1 Å². The second-order valence-electron chi connectivity index (χ2n) is 6.82. The second kappa shape index (κ2) is 9.12. The largest absolute Gasteiger partial charge is 0.472 e. The fourth-order valence-electron chi connectivity index (χ4n) is 3.33. The van der Waals surface area contributed by atoms with Crippen LogP contribution in [0.15, 0.2) is 41.3 Å². The van der Waals surface area contributed by atoms with Crippen molar-refractivity contribution in [1.82, 2.24) is 15.3 Å². The lowest BCUT2D eigenvalue weighted by Gasteiger charge is -2.28. The molecule has 5 nitrogen and oxygen atoms in total. The maximum Gasteiger partial charge on any atom is 0.253 e. The number of ether oxygens (including phenoxy) is 1. The highest BCUT2D eigenvalue weighted by Gasteiger charge is 2.22. The van der Waals surface area contributed by atoms with Crippen molar-refractivity contribution in [2.24, 2.45) is 5.92 Å². The monoisotopic (exact) mass is 417 g/mol. The SMILES string of the molecule is C[C@@H](NC(=O)c1cnc(OCc2ccncc2)c(Br)c1)C1CCCCC1. The molecular weight excluding hydrogens is 394 g/mol. The van der Waals surface area contributed by atoms with Gasteiger partial charge in [-0.1, -0.05) is 19.3 Å². The zero-order chi connectivity index (χ0) is 18.4. The van der Waals surface area contributed by atoms with Gasteiger partial charge in [-0.25, -0.2) is 4.98 Å². The lowest BCUT2D eigenvalue weighted by atomic mass is 9.84. The molecule has 26 heavy (non-hydrogen) atoms. The smallest absolute Gasteiger partial charge is 0.253 e. The van der Waals surface area contributed by atoms with Gasteiger partial charge in [-0.2, -0.15) is 0 Å². The number of carbonyl (C=O) groups is 1. The van der Waals surface area contributed by atoms with E-state index in [2.05, 4.69) is 38.1 Å². The fourth-order valence-corrected chi connectivity index (χ4v) is 3.79. The summed E-state index contributed by atoms with van der Waals surface area (Å²) < 4.78 is 6.39. The van der Waals surface area contributed by atoms with Crippen LogP contribution in [0.3, 0.4) is 0 Å². The fraction of sp³-hybridized carbons (Fsp3) is 0.450. The Kier molecular flexibility index (Phi) is 6.61. The molecule has 1 aliphatic carbocycles. The first kappa shape index (κ1) is 18.8. The number of nitrogens with zero attached hydrogens (tertiary/aromatic N) is 2. The van der Waals surface area contributed by atoms with Crippen molar-refractivity contribution in [3.63, 3.8) is 0 Å². The van der Waals surface area contributed by atoms with E-state index in [0.717, 1.165) is 5.56 Å². The third kappa shape index (κ3) is 5.04.